The van der Waals surface area contributed by atoms with E-state index in [4.69, 9.17) is 4.74 Å². The minimum atomic E-state index is -0.349. The van der Waals surface area contributed by atoms with Gasteiger partial charge in [-0.2, -0.15) is 5.10 Å². The van der Waals surface area contributed by atoms with Crippen LogP contribution in [0.3, 0.4) is 0 Å². The lowest BCUT2D eigenvalue weighted by atomic mass is 10.1. The Hall–Kier alpha value is -3.45. The van der Waals surface area contributed by atoms with E-state index in [1.54, 1.807) is 6.92 Å². The molecule has 0 aliphatic carbocycles. The molecule has 0 saturated heterocycles. The van der Waals surface area contributed by atoms with Crippen molar-refractivity contribution in [2.75, 3.05) is 11.9 Å². The molecule has 2 amide bonds. The molecule has 0 spiro atoms. The summed E-state index contributed by atoms with van der Waals surface area (Å²) in [5.41, 5.74) is 6.68. The molecule has 0 radical (unpaired) electrons. The van der Waals surface area contributed by atoms with Crippen LogP contribution < -0.4 is 15.5 Å². The number of carbonyl (C=O) groups excluding carboxylic acids is 2. The summed E-state index contributed by atoms with van der Waals surface area (Å²) < 4.78 is 5.60. The maximum atomic E-state index is 12.4. The van der Waals surface area contributed by atoms with Gasteiger partial charge in [0.15, 0.2) is 6.61 Å². The Morgan fingerprint density at radius 1 is 1.03 bits per heavy atom. The van der Waals surface area contributed by atoms with Gasteiger partial charge in [0.1, 0.15) is 5.75 Å². The molecule has 1 heterocycles. The molecule has 0 unspecified atom stereocenters. The molecule has 3 rings (SSSR count). The van der Waals surface area contributed by atoms with Crippen LogP contribution in [0.2, 0.25) is 0 Å². The third kappa shape index (κ3) is 6.02. The number of nitrogens with one attached hydrogen (secondary N) is 2. The Morgan fingerprint density at radius 3 is 2.55 bits per heavy atom. The molecule has 1 aromatic heterocycles. The van der Waals surface area contributed by atoms with Crippen LogP contribution >= 0.6 is 11.3 Å². The zero-order valence-electron chi connectivity index (χ0n) is 18.0. The molecular formula is C24H25N3O3S. The minimum absolute atomic E-state index is 0.128. The molecule has 160 valence electrons. The Kier molecular flexibility index (Phi) is 7.20. The standard InChI is InChI=1S/C24H25N3O3S/c1-15-7-5-10-21(17(15)3)30-14-23(28)27-26-18(4)19-8-6-9-20(13-19)25-24(29)22-12-11-16(2)31-22/h5-13H,14H2,1-4H3,(H,25,29)(H,27,28)/b26-18+. The number of thiophene rings is 1. The van der Waals surface area contributed by atoms with Crippen LogP contribution in [0.1, 0.15) is 38.2 Å². The predicted molar refractivity (Wildman–Crippen MR) is 125 cm³/mol. The van der Waals surface area contributed by atoms with Gasteiger partial charge in [-0.15, -0.1) is 11.3 Å². The van der Waals surface area contributed by atoms with E-state index >= 15 is 0 Å². The predicted octanol–water partition coefficient (Wildman–Crippen LogP) is 4.84. The van der Waals surface area contributed by atoms with Crippen LogP contribution in [0.4, 0.5) is 5.69 Å². The highest BCUT2D eigenvalue weighted by molar-refractivity contribution is 7.14. The SMILES string of the molecule is C/C(=N\NC(=O)COc1cccc(C)c1C)c1cccc(NC(=O)c2ccc(C)s2)c1. The Bertz CT molecular complexity index is 1130. The molecule has 7 heteroatoms. The number of benzene rings is 2. The van der Waals surface area contributed by atoms with E-state index in [0.29, 0.717) is 22.0 Å². The summed E-state index contributed by atoms with van der Waals surface area (Å²) in [5.74, 6) is 0.180. The Morgan fingerprint density at radius 2 is 1.81 bits per heavy atom. The number of hydrazone groups is 1. The molecule has 0 aliphatic rings. The summed E-state index contributed by atoms with van der Waals surface area (Å²) >= 11 is 1.45. The fourth-order valence-corrected chi connectivity index (χ4v) is 3.60. The number of rotatable bonds is 7. The molecule has 0 fully saturated rings. The van der Waals surface area contributed by atoms with Crippen molar-refractivity contribution in [1.29, 1.82) is 0 Å². The van der Waals surface area contributed by atoms with Crippen molar-refractivity contribution in [2.45, 2.75) is 27.7 Å². The highest BCUT2D eigenvalue weighted by Gasteiger charge is 2.10. The van der Waals surface area contributed by atoms with Crippen LogP contribution in [0.5, 0.6) is 5.75 Å². The largest absolute Gasteiger partial charge is 0.483 e. The Balaban J connectivity index is 1.58. The average Bonchev–Trinajstić information content (AvgIpc) is 3.19. The summed E-state index contributed by atoms with van der Waals surface area (Å²) in [6.07, 6.45) is 0. The van der Waals surface area contributed by atoms with E-state index in [-0.39, 0.29) is 18.4 Å². The average molecular weight is 436 g/mol. The smallest absolute Gasteiger partial charge is 0.277 e. The van der Waals surface area contributed by atoms with E-state index < -0.39 is 0 Å². The Labute approximate surface area is 186 Å². The summed E-state index contributed by atoms with van der Waals surface area (Å²) in [6.45, 7) is 7.57. The van der Waals surface area contributed by atoms with Crippen LogP contribution in [-0.2, 0) is 4.79 Å². The summed E-state index contributed by atoms with van der Waals surface area (Å²) in [4.78, 5) is 26.2. The van der Waals surface area contributed by atoms with E-state index in [2.05, 4.69) is 15.8 Å². The van der Waals surface area contributed by atoms with E-state index in [9.17, 15) is 9.59 Å². The van der Waals surface area contributed by atoms with Crippen molar-refractivity contribution < 1.29 is 14.3 Å². The van der Waals surface area contributed by atoms with Crippen molar-refractivity contribution in [3.63, 3.8) is 0 Å². The highest BCUT2D eigenvalue weighted by Crippen LogP contribution is 2.20. The molecular weight excluding hydrogens is 410 g/mol. The minimum Gasteiger partial charge on any atom is -0.483 e. The van der Waals surface area contributed by atoms with Crippen molar-refractivity contribution in [3.05, 3.63) is 81.0 Å². The second kappa shape index (κ2) is 10.0. The van der Waals surface area contributed by atoms with Crippen LogP contribution in [0, 0.1) is 20.8 Å². The number of hydrogen-bond acceptors (Lipinski definition) is 5. The molecule has 0 saturated carbocycles. The molecule has 6 nitrogen and oxygen atoms in total. The van der Waals surface area contributed by atoms with Gasteiger partial charge in [-0.25, -0.2) is 5.43 Å². The van der Waals surface area contributed by atoms with E-state index in [1.165, 1.54) is 11.3 Å². The van der Waals surface area contributed by atoms with Crippen LogP contribution in [0.15, 0.2) is 59.7 Å². The van der Waals surface area contributed by atoms with Crippen LogP contribution in [-0.4, -0.2) is 24.1 Å². The van der Waals surface area contributed by atoms with Crippen molar-refractivity contribution in [3.8, 4) is 5.75 Å². The van der Waals surface area contributed by atoms with Crippen LogP contribution in [0.25, 0.3) is 0 Å². The third-order valence-corrected chi connectivity index (χ3v) is 5.76. The number of ether oxygens (including phenoxy) is 1. The molecule has 3 aromatic rings. The normalized spacial score (nSPS) is 11.2. The monoisotopic (exact) mass is 435 g/mol. The molecule has 31 heavy (non-hydrogen) atoms. The number of hydrogen-bond donors (Lipinski definition) is 2. The zero-order chi connectivity index (χ0) is 22.4. The summed E-state index contributed by atoms with van der Waals surface area (Å²) in [5, 5.41) is 7.04. The summed E-state index contributed by atoms with van der Waals surface area (Å²) in [7, 11) is 0. The highest BCUT2D eigenvalue weighted by atomic mass is 32.1. The molecule has 2 aromatic carbocycles. The fourth-order valence-electron chi connectivity index (χ4n) is 2.84. The number of aryl methyl sites for hydroxylation is 2. The lowest BCUT2D eigenvalue weighted by Crippen LogP contribution is -2.25. The summed E-state index contributed by atoms with van der Waals surface area (Å²) in [6, 6.07) is 16.8. The van der Waals surface area contributed by atoms with Crippen molar-refractivity contribution >= 4 is 34.6 Å². The fraction of sp³-hybridized carbons (Fsp3) is 0.208. The lowest BCUT2D eigenvalue weighted by molar-refractivity contribution is -0.123. The van der Waals surface area contributed by atoms with Gasteiger partial charge in [0.05, 0.1) is 10.6 Å². The van der Waals surface area contributed by atoms with Gasteiger partial charge in [-0.05, 0) is 74.7 Å². The topological polar surface area (TPSA) is 79.8 Å². The lowest BCUT2D eigenvalue weighted by Gasteiger charge is -2.10. The second-order valence-corrected chi connectivity index (χ2v) is 8.45. The van der Waals surface area contributed by atoms with Gasteiger partial charge in [-0.3, -0.25) is 9.59 Å². The van der Waals surface area contributed by atoms with Crippen molar-refractivity contribution in [2.24, 2.45) is 5.10 Å². The first-order valence-corrected chi connectivity index (χ1v) is 10.7. The first-order valence-electron chi connectivity index (χ1n) is 9.84. The maximum absolute atomic E-state index is 12.4. The maximum Gasteiger partial charge on any atom is 0.277 e. The van der Waals surface area contributed by atoms with Gasteiger partial charge in [0.25, 0.3) is 11.8 Å². The van der Waals surface area contributed by atoms with E-state index in [1.807, 2.05) is 75.4 Å². The molecule has 0 atom stereocenters. The molecule has 0 bridgehead atoms. The first kappa shape index (κ1) is 22.2. The van der Waals surface area contributed by atoms with E-state index in [0.717, 1.165) is 21.6 Å². The number of amides is 2. The molecule has 0 aliphatic heterocycles. The molecule has 2 N–H and O–H groups in total. The van der Waals surface area contributed by atoms with Gasteiger partial charge in [0, 0.05) is 10.6 Å². The van der Waals surface area contributed by atoms with Gasteiger partial charge >= 0.3 is 0 Å². The van der Waals surface area contributed by atoms with Crippen molar-refractivity contribution in [1.82, 2.24) is 5.43 Å². The number of anilines is 1. The first-order chi connectivity index (χ1) is 14.8. The number of carbonyl (C=O) groups is 2. The van der Waals surface area contributed by atoms with Gasteiger partial charge in [0.2, 0.25) is 0 Å². The third-order valence-electron chi connectivity index (χ3n) is 4.76. The van der Waals surface area contributed by atoms with Gasteiger partial charge < -0.3 is 10.1 Å². The van der Waals surface area contributed by atoms with Gasteiger partial charge in [-0.1, -0.05) is 24.3 Å². The zero-order valence-corrected chi connectivity index (χ0v) is 18.8. The second-order valence-electron chi connectivity index (χ2n) is 7.16. The quantitative estimate of drug-likeness (QED) is 0.411. The number of nitrogens with zero attached hydrogens (tertiary/aromatic N) is 1.